The van der Waals surface area contributed by atoms with E-state index in [1.807, 2.05) is 18.5 Å². The minimum Gasteiger partial charge on any atom is -0.466 e. The number of hydrogen-bond acceptors (Lipinski definition) is 5. The Morgan fingerprint density at radius 1 is 1.48 bits per heavy atom. The van der Waals surface area contributed by atoms with Crippen LogP contribution in [-0.2, 0) is 23.1 Å². The van der Waals surface area contributed by atoms with E-state index in [4.69, 9.17) is 10.5 Å². The average molecular weight is 316 g/mol. The Labute approximate surface area is 136 Å². The zero-order chi connectivity index (χ0) is 16.4. The van der Waals surface area contributed by atoms with Gasteiger partial charge in [-0.15, -0.1) is 0 Å². The summed E-state index contributed by atoms with van der Waals surface area (Å²) in [6, 6.07) is 6.25. The zero-order valence-corrected chi connectivity index (χ0v) is 13.8. The lowest BCUT2D eigenvalue weighted by atomic mass is 9.97. The highest BCUT2D eigenvalue weighted by Crippen LogP contribution is 2.27. The van der Waals surface area contributed by atoms with Gasteiger partial charge in [0.2, 0.25) is 0 Å². The van der Waals surface area contributed by atoms with Gasteiger partial charge < -0.3 is 19.9 Å². The van der Waals surface area contributed by atoms with Crippen molar-refractivity contribution in [2.75, 3.05) is 24.6 Å². The number of carbonyl (C=O) groups is 1. The third-order valence-corrected chi connectivity index (χ3v) is 4.55. The number of imidazole rings is 1. The van der Waals surface area contributed by atoms with Crippen LogP contribution in [0.3, 0.4) is 0 Å². The topological polar surface area (TPSA) is 73.4 Å². The first-order chi connectivity index (χ1) is 11.1. The minimum absolute atomic E-state index is 0.0391. The Bertz CT molecular complexity index is 710. The summed E-state index contributed by atoms with van der Waals surface area (Å²) in [5, 5.41) is 0. The molecule has 0 saturated carbocycles. The smallest absolute Gasteiger partial charge is 0.310 e. The Balaban J connectivity index is 1.83. The quantitative estimate of drug-likeness (QED) is 0.871. The number of anilines is 1. The van der Waals surface area contributed by atoms with E-state index in [9.17, 15) is 4.79 Å². The van der Waals surface area contributed by atoms with E-state index >= 15 is 0 Å². The first-order valence-corrected chi connectivity index (χ1v) is 8.21. The predicted octanol–water partition coefficient (Wildman–Crippen LogP) is 1.81. The second kappa shape index (κ2) is 6.58. The lowest BCUT2D eigenvalue weighted by Crippen LogP contribution is -2.39. The molecule has 1 aromatic carbocycles. The summed E-state index contributed by atoms with van der Waals surface area (Å²) >= 11 is 0. The fraction of sp³-hybridized carbons (Fsp3) is 0.529. The number of carbonyl (C=O) groups excluding carboxylic acids is 1. The molecule has 0 aliphatic carbocycles. The van der Waals surface area contributed by atoms with E-state index in [1.165, 1.54) is 0 Å². The van der Waals surface area contributed by atoms with Crippen LogP contribution in [0, 0.1) is 5.92 Å². The number of nitrogens with zero attached hydrogens (tertiary/aromatic N) is 3. The SMILES string of the molecule is CCOC(=O)C1CCCN(c2ccc3c(c2)nc(CN)n3C)C1. The maximum absolute atomic E-state index is 12.0. The zero-order valence-electron chi connectivity index (χ0n) is 13.8. The van der Waals surface area contributed by atoms with Gasteiger partial charge in [-0.1, -0.05) is 0 Å². The lowest BCUT2D eigenvalue weighted by molar-refractivity contribution is -0.148. The first kappa shape index (κ1) is 15.8. The van der Waals surface area contributed by atoms with E-state index in [2.05, 4.69) is 28.1 Å². The molecule has 2 aromatic rings. The molecular weight excluding hydrogens is 292 g/mol. The number of aryl methyl sites for hydroxylation is 1. The second-order valence-corrected chi connectivity index (χ2v) is 6.00. The van der Waals surface area contributed by atoms with Crippen molar-refractivity contribution in [2.45, 2.75) is 26.3 Å². The van der Waals surface area contributed by atoms with Crippen molar-refractivity contribution < 1.29 is 9.53 Å². The van der Waals surface area contributed by atoms with Crippen molar-refractivity contribution in [1.29, 1.82) is 0 Å². The Hall–Kier alpha value is -2.08. The van der Waals surface area contributed by atoms with Crippen LogP contribution < -0.4 is 10.6 Å². The van der Waals surface area contributed by atoms with Gasteiger partial charge in [-0.2, -0.15) is 0 Å². The number of piperidine rings is 1. The summed E-state index contributed by atoms with van der Waals surface area (Å²) in [6.07, 6.45) is 1.90. The van der Waals surface area contributed by atoms with Crippen molar-refractivity contribution in [2.24, 2.45) is 18.7 Å². The normalized spacial score (nSPS) is 18.4. The summed E-state index contributed by atoms with van der Waals surface area (Å²) in [7, 11) is 1.98. The highest BCUT2D eigenvalue weighted by atomic mass is 16.5. The molecule has 0 radical (unpaired) electrons. The second-order valence-electron chi connectivity index (χ2n) is 6.00. The highest BCUT2D eigenvalue weighted by Gasteiger charge is 2.27. The Kier molecular flexibility index (Phi) is 4.52. The highest BCUT2D eigenvalue weighted by molar-refractivity contribution is 5.81. The summed E-state index contributed by atoms with van der Waals surface area (Å²) in [4.78, 5) is 18.8. The minimum atomic E-state index is -0.0819. The van der Waals surface area contributed by atoms with Crippen LogP contribution in [-0.4, -0.2) is 35.2 Å². The maximum Gasteiger partial charge on any atom is 0.310 e. The molecule has 2 heterocycles. The molecule has 2 N–H and O–H groups in total. The molecule has 0 amide bonds. The van der Waals surface area contributed by atoms with Crippen LogP contribution in [0.4, 0.5) is 5.69 Å². The number of hydrogen-bond donors (Lipinski definition) is 1. The number of esters is 1. The summed E-state index contributed by atoms with van der Waals surface area (Å²) in [5.41, 5.74) is 8.86. The molecule has 6 nitrogen and oxygen atoms in total. The van der Waals surface area contributed by atoms with Crippen molar-refractivity contribution in [1.82, 2.24) is 9.55 Å². The van der Waals surface area contributed by atoms with Gasteiger partial charge in [-0.05, 0) is 38.0 Å². The van der Waals surface area contributed by atoms with Crippen LogP contribution in [0.15, 0.2) is 18.2 Å². The summed E-state index contributed by atoms with van der Waals surface area (Å²) in [5.74, 6) is 0.754. The van der Waals surface area contributed by atoms with Crippen LogP contribution in [0.1, 0.15) is 25.6 Å². The number of fused-ring (bicyclic) bond motifs is 1. The van der Waals surface area contributed by atoms with Crippen LogP contribution in [0.2, 0.25) is 0 Å². The van der Waals surface area contributed by atoms with Gasteiger partial charge >= 0.3 is 5.97 Å². The number of benzene rings is 1. The fourth-order valence-corrected chi connectivity index (χ4v) is 3.28. The van der Waals surface area contributed by atoms with E-state index in [0.29, 0.717) is 19.7 Å². The Morgan fingerprint density at radius 2 is 2.30 bits per heavy atom. The van der Waals surface area contributed by atoms with E-state index in [0.717, 1.165) is 41.9 Å². The van der Waals surface area contributed by atoms with E-state index in [-0.39, 0.29) is 11.9 Å². The van der Waals surface area contributed by atoms with Crippen molar-refractivity contribution >= 4 is 22.7 Å². The number of aromatic nitrogens is 2. The third-order valence-electron chi connectivity index (χ3n) is 4.55. The fourth-order valence-electron chi connectivity index (χ4n) is 3.28. The van der Waals surface area contributed by atoms with Crippen LogP contribution in [0.5, 0.6) is 0 Å². The molecule has 6 heteroatoms. The number of ether oxygens (including phenoxy) is 1. The Morgan fingerprint density at radius 3 is 3.04 bits per heavy atom. The molecule has 3 rings (SSSR count). The molecule has 1 aromatic heterocycles. The molecule has 1 aliphatic heterocycles. The van der Waals surface area contributed by atoms with Crippen molar-refractivity contribution in [3.05, 3.63) is 24.0 Å². The van der Waals surface area contributed by atoms with Crippen LogP contribution in [0.25, 0.3) is 11.0 Å². The maximum atomic E-state index is 12.0. The molecule has 23 heavy (non-hydrogen) atoms. The first-order valence-electron chi connectivity index (χ1n) is 8.21. The molecule has 124 valence electrons. The van der Waals surface area contributed by atoms with E-state index in [1.54, 1.807) is 0 Å². The monoisotopic (exact) mass is 316 g/mol. The third kappa shape index (κ3) is 3.03. The lowest BCUT2D eigenvalue weighted by Gasteiger charge is -2.33. The molecule has 0 bridgehead atoms. The van der Waals surface area contributed by atoms with Gasteiger partial charge in [0, 0.05) is 25.8 Å². The van der Waals surface area contributed by atoms with Gasteiger partial charge in [-0.3, -0.25) is 4.79 Å². The van der Waals surface area contributed by atoms with Gasteiger partial charge in [-0.25, -0.2) is 4.98 Å². The molecular formula is C17H24N4O2. The molecule has 1 aliphatic rings. The number of nitrogens with two attached hydrogens (primary N) is 1. The largest absolute Gasteiger partial charge is 0.466 e. The molecule has 1 fully saturated rings. The molecule has 1 atom stereocenters. The number of rotatable bonds is 4. The van der Waals surface area contributed by atoms with Crippen LogP contribution >= 0.6 is 0 Å². The van der Waals surface area contributed by atoms with E-state index < -0.39 is 0 Å². The van der Waals surface area contributed by atoms with Crippen molar-refractivity contribution in [3.63, 3.8) is 0 Å². The van der Waals surface area contributed by atoms with Gasteiger partial charge in [0.1, 0.15) is 5.82 Å². The van der Waals surface area contributed by atoms with Gasteiger partial charge in [0.25, 0.3) is 0 Å². The molecule has 1 unspecified atom stereocenters. The standard InChI is InChI=1S/C17H24N4O2/c1-3-23-17(22)12-5-4-8-21(11-12)13-6-7-15-14(9-13)19-16(10-18)20(15)2/h6-7,9,12H,3-5,8,10-11,18H2,1-2H3. The molecule has 1 saturated heterocycles. The average Bonchev–Trinajstić information content (AvgIpc) is 2.91. The van der Waals surface area contributed by atoms with Gasteiger partial charge in [0.05, 0.1) is 30.1 Å². The molecule has 0 spiro atoms. The summed E-state index contributed by atoms with van der Waals surface area (Å²) < 4.78 is 7.20. The predicted molar refractivity (Wildman–Crippen MR) is 90.2 cm³/mol. The summed E-state index contributed by atoms with van der Waals surface area (Å²) in [6.45, 7) is 4.38. The van der Waals surface area contributed by atoms with Gasteiger partial charge in [0.15, 0.2) is 0 Å². The van der Waals surface area contributed by atoms with Crippen molar-refractivity contribution in [3.8, 4) is 0 Å².